The van der Waals surface area contributed by atoms with E-state index in [1.807, 2.05) is 29.8 Å². The van der Waals surface area contributed by atoms with Gasteiger partial charge in [0, 0.05) is 31.2 Å². The highest BCUT2D eigenvalue weighted by atomic mass is 19.4. The lowest BCUT2D eigenvalue weighted by atomic mass is 9.85. The maximum atomic E-state index is 12.8. The molecule has 0 bridgehead atoms. The number of nitrogens with one attached hydrogen (secondary N) is 1. The van der Waals surface area contributed by atoms with Crippen molar-refractivity contribution in [2.45, 2.75) is 51.4 Å². The molecular weight excluding hydrogens is 317 g/mol. The number of aryl methyl sites for hydroxylation is 1. The summed E-state index contributed by atoms with van der Waals surface area (Å²) in [7, 11) is 0. The van der Waals surface area contributed by atoms with E-state index in [2.05, 4.69) is 15.3 Å². The number of halogens is 3. The second-order valence-corrected chi connectivity index (χ2v) is 6.35. The van der Waals surface area contributed by atoms with Crippen LogP contribution in [0.2, 0.25) is 0 Å². The number of nitrogens with zero attached hydrogens (tertiary/aromatic N) is 3. The first kappa shape index (κ1) is 17.0. The third-order valence-corrected chi connectivity index (χ3v) is 4.61. The molecule has 2 aromatic heterocycles. The Labute approximate surface area is 139 Å². The lowest BCUT2D eigenvalue weighted by Gasteiger charge is -2.31. The van der Waals surface area contributed by atoms with Gasteiger partial charge in [-0.2, -0.15) is 13.2 Å². The summed E-state index contributed by atoms with van der Waals surface area (Å²) >= 11 is 0. The maximum absolute atomic E-state index is 12.8. The quantitative estimate of drug-likeness (QED) is 0.922. The first-order valence-corrected chi connectivity index (χ1v) is 8.19. The molecule has 0 amide bonds. The summed E-state index contributed by atoms with van der Waals surface area (Å²) in [6, 6.07) is 3.75. The zero-order chi connectivity index (χ0) is 17.2. The molecule has 0 aromatic carbocycles. The fourth-order valence-corrected chi connectivity index (χ4v) is 3.22. The zero-order valence-corrected chi connectivity index (χ0v) is 13.6. The summed E-state index contributed by atoms with van der Waals surface area (Å²) in [5.41, 5.74) is 0.964. The predicted octanol–water partition coefficient (Wildman–Crippen LogP) is 3.79. The van der Waals surface area contributed by atoms with Crippen LogP contribution in [0.3, 0.4) is 0 Å². The van der Waals surface area contributed by atoms with Gasteiger partial charge in [-0.25, -0.2) is 9.97 Å². The Bertz CT molecular complexity index is 663. The number of hydrogen-bond acceptors (Lipinski definition) is 3. The highest BCUT2D eigenvalue weighted by molar-refractivity contribution is 5.27. The molecule has 1 fully saturated rings. The molecule has 0 aliphatic heterocycles. The highest BCUT2D eigenvalue weighted by Gasteiger charge is 2.41. The van der Waals surface area contributed by atoms with Gasteiger partial charge in [0.1, 0.15) is 11.6 Å². The van der Waals surface area contributed by atoms with Crippen molar-refractivity contribution in [2.24, 2.45) is 5.92 Å². The van der Waals surface area contributed by atoms with Gasteiger partial charge in [-0.3, -0.25) is 4.57 Å². The topological polar surface area (TPSA) is 42.7 Å². The van der Waals surface area contributed by atoms with Crippen LogP contribution in [0, 0.1) is 12.8 Å². The Hall–Kier alpha value is -1.89. The Balaban J connectivity index is 1.56. The van der Waals surface area contributed by atoms with Crippen molar-refractivity contribution >= 4 is 0 Å². The average molecular weight is 338 g/mol. The number of aromatic nitrogens is 3. The van der Waals surface area contributed by atoms with Crippen LogP contribution in [-0.4, -0.2) is 26.8 Å². The van der Waals surface area contributed by atoms with Gasteiger partial charge in [0.2, 0.25) is 0 Å². The van der Waals surface area contributed by atoms with E-state index >= 15 is 0 Å². The van der Waals surface area contributed by atoms with Crippen LogP contribution < -0.4 is 5.32 Å². The number of pyridine rings is 1. The Morgan fingerprint density at radius 1 is 1.25 bits per heavy atom. The van der Waals surface area contributed by atoms with E-state index in [1.165, 1.54) is 0 Å². The summed E-state index contributed by atoms with van der Waals surface area (Å²) in [6.07, 6.45) is 3.08. The molecule has 7 heteroatoms. The Morgan fingerprint density at radius 3 is 2.71 bits per heavy atom. The summed E-state index contributed by atoms with van der Waals surface area (Å²) < 4.78 is 40.4. The second kappa shape index (κ2) is 6.93. The zero-order valence-electron chi connectivity index (χ0n) is 13.6. The third-order valence-electron chi connectivity index (χ3n) is 4.61. The molecule has 1 saturated carbocycles. The largest absolute Gasteiger partial charge is 0.391 e. The molecule has 3 rings (SSSR count). The fraction of sp³-hybridized carbons (Fsp3) is 0.529. The fourth-order valence-electron chi connectivity index (χ4n) is 3.22. The van der Waals surface area contributed by atoms with Crippen molar-refractivity contribution in [3.8, 4) is 5.82 Å². The van der Waals surface area contributed by atoms with Crippen LogP contribution >= 0.6 is 0 Å². The van der Waals surface area contributed by atoms with Crippen LogP contribution in [0.4, 0.5) is 13.2 Å². The summed E-state index contributed by atoms with van der Waals surface area (Å²) in [5.74, 6) is 0.464. The van der Waals surface area contributed by atoms with Gasteiger partial charge >= 0.3 is 6.18 Å². The minimum atomic E-state index is -4.08. The van der Waals surface area contributed by atoms with Crippen molar-refractivity contribution in [2.75, 3.05) is 0 Å². The van der Waals surface area contributed by atoms with Gasteiger partial charge in [0.25, 0.3) is 0 Å². The molecule has 0 unspecified atom stereocenters. The van der Waals surface area contributed by atoms with Crippen molar-refractivity contribution in [1.29, 1.82) is 0 Å². The van der Waals surface area contributed by atoms with E-state index < -0.39 is 12.1 Å². The minimum Gasteiger partial charge on any atom is -0.310 e. The van der Waals surface area contributed by atoms with E-state index in [-0.39, 0.29) is 18.9 Å². The second-order valence-electron chi connectivity index (χ2n) is 6.35. The van der Waals surface area contributed by atoms with Crippen molar-refractivity contribution < 1.29 is 13.2 Å². The minimum absolute atomic E-state index is 0.0825. The highest BCUT2D eigenvalue weighted by Crippen LogP contribution is 2.37. The number of alkyl halides is 3. The maximum Gasteiger partial charge on any atom is 0.391 e. The third kappa shape index (κ3) is 3.95. The normalized spacial score (nSPS) is 21.8. The number of hydrogen-bond donors (Lipinski definition) is 1. The van der Waals surface area contributed by atoms with E-state index in [9.17, 15) is 13.2 Å². The van der Waals surface area contributed by atoms with Crippen LogP contribution in [-0.2, 0) is 6.54 Å². The van der Waals surface area contributed by atoms with Gasteiger partial charge < -0.3 is 5.32 Å². The van der Waals surface area contributed by atoms with Crippen molar-refractivity contribution in [3.05, 3.63) is 42.1 Å². The van der Waals surface area contributed by atoms with Gasteiger partial charge in [-0.05, 0) is 37.8 Å². The van der Waals surface area contributed by atoms with E-state index in [0.29, 0.717) is 13.0 Å². The SMILES string of the molecule is Cc1nccn1-c1ccc(CN[C@H]2CCC[C@H](C(F)(F)F)C2)cn1. The van der Waals surface area contributed by atoms with Crippen molar-refractivity contribution in [1.82, 2.24) is 19.9 Å². The summed E-state index contributed by atoms with van der Waals surface area (Å²) in [4.78, 5) is 8.56. The van der Waals surface area contributed by atoms with E-state index in [1.54, 1.807) is 12.4 Å². The Morgan fingerprint density at radius 2 is 2.08 bits per heavy atom. The van der Waals surface area contributed by atoms with Crippen LogP contribution in [0.15, 0.2) is 30.7 Å². The molecule has 130 valence electrons. The van der Waals surface area contributed by atoms with Gasteiger partial charge in [0.15, 0.2) is 0 Å². The van der Waals surface area contributed by atoms with Gasteiger partial charge in [0.05, 0.1) is 5.92 Å². The number of rotatable bonds is 4. The lowest BCUT2D eigenvalue weighted by Crippen LogP contribution is -2.38. The molecule has 1 aliphatic rings. The summed E-state index contributed by atoms with van der Waals surface area (Å²) in [5, 5.41) is 3.25. The molecular formula is C17H21F3N4. The molecule has 1 N–H and O–H groups in total. The average Bonchev–Trinajstić information content (AvgIpc) is 2.99. The van der Waals surface area contributed by atoms with Gasteiger partial charge in [-0.1, -0.05) is 12.5 Å². The monoisotopic (exact) mass is 338 g/mol. The molecule has 0 spiro atoms. The number of imidazole rings is 1. The molecule has 2 aromatic rings. The van der Waals surface area contributed by atoms with Crippen LogP contribution in [0.1, 0.15) is 37.1 Å². The molecule has 2 heterocycles. The first-order valence-electron chi connectivity index (χ1n) is 8.19. The Kier molecular flexibility index (Phi) is 4.89. The molecule has 4 nitrogen and oxygen atoms in total. The predicted molar refractivity (Wildman–Crippen MR) is 84.7 cm³/mol. The van der Waals surface area contributed by atoms with Crippen LogP contribution in [0.5, 0.6) is 0 Å². The standard InChI is InChI=1S/C17H21F3N4/c1-12-21-7-8-24(12)16-6-5-13(11-23-16)10-22-15-4-2-3-14(9-15)17(18,19)20/h5-8,11,14-15,22H,2-4,9-10H2,1H3/t14-,15-/m0/s1. The lowest BCUT2D eigenvalue weighted by molar-refractivity contribution is -0.183. The molecule has 2 atom stereocenters. The van der Waals surface area contributed by atoms with E-state index in [4.69, 9.17) is 0 Å². The molecule has 0 radical (unpaired) electrons. The molecule has 0 saturated heterocycles. The first-order chi connectivity index (χ1) is 11.4. The summed E-state index contributed by atoms with van der Waals surface area (Å²) in [6.45, 7) is 2.43. The van der Waals surface area contributed by atoms with E-state index in [0.717, 1.165) is 23.6 Å². The van der Waals surface area contributed by atoms with Crippen LogP contribution in [0.25, 0.3) is 5.82 Å². The smallest absolute Gasteiger partial charge is 0.310 e. The molecule has 1 aliphatic carbocycles. The van der Waals surface area contributed by atoms with Crippen molar-refractivity contribution in [3.63, 3.8) is 0 Å². The van der Waals surface area contributed by atoms with Gasteiger partial charge in [-0.15, -0.1) is 0 Å². The molecule has 24 heavy (non-hydrogen) atoms.